The van der Waals surface area contributed by atoms with Crippen molar-refractivity contribution in [2.24, 2.45) is 5.73 Å². The van der Waals surface area contributed by atoms with E-state index in [0.717, 1.165) is 0 Å². The fraction of sp³-hybridized carbons (Fsp3) is 0.750. The minimum atomic E-state index is -1.09. The SMILES string of the molecule is CC.NC(CCCC(=O)O)C(=O)O. The topological polar surface area (TPSA) is 101 Å². The van der Waals surface area contributed by atoms with Crippen LogP contribution in [0.1, 0.15) is 33.1 Å². The lowest BCUT2D eigenvalue weighted by Gasteiger charge is -2.02. The van der Waals surface area contributed by atoms with E-state index < -0.39 is 18.0 Å². The minimum Gasteiger partial charge on any atom is -0.481 e. The molecule has 0 aliphatic rings. The molecule has 78 valence electrons. The zero-order chi connectivity index (χ0) is 10.9. The van der Waals surface area contributed by atoms with E-state index in [2.05, 4.69) is 0 Å². The Morgan fingerprint density at radius 2 is 1.77 bits per heavy atom. The maximum atomic E-state index is 10.1. The molecule has 5 heteroatoms. The molecule has 0 bridgehead atoms. The van der Waals surface area contributed by atoms with Gasteiger partial charge in [0.2, 0.25) is 0 Å². The zero-order valence-electron chi connectivity index (χ0n) is 7.99. The molecule has 13 heavy (non-hydrogen) atoms. The lowest BCUT2D eigenvalue weighted by atomic mass is 10.1. The van der Waals surface area contributed by atoms with E-state index >= 15 is 0 Å². The van der Waals surface area contributed by atoms with E-state index in [1.807, 2.05) is 13.8 Å². The molecule has 0 aromatic rings. The van der Waals surface area contributed by atoms with Crippen LogP contribution in [0.5, 0.6) is 0 Å². The molecule has 4 N–H and O–H groups in total. The van der Waals surface area contributed by atoms with Crippen molar-refractivity contribution < 1.29 is 19.8 Å². The van der Waals surface area contributed by atoms with Crippen LogP contribution in [0.25, 0.3) is 0 Å². The first-order valence-corrected chi connectivity index (χ1v) is 4.24. The van der Waals surface area contributed by atoms with Gasteiger partial charge in [-0.25, -0.2) is 0 Å². The van der Waals surface area contributed by atoms with E-state index in [9.17, 15) is 9.59 Å². The lowest BCUT2D eigenvalue weighted by molar-refractivity contribution is -0.140. The van der Waals surface area contributed by atoms with Crippen molar-refractivity contribution in [3.05, 3.63) is 0 Å². The third-order valence-corrected chi connectivity index (χ3v) is 1.22. The summed E-state index contributed by atoms with van der Waals surface area (Å²) in [6.45, 7) is 4.00. The molecule has 0 aromatic heterocycles. The summed E-state index contributed by atoms with van der Waals surface area (Å²) in [6.07, 6.45) is 0.491. The van der Waals surface area contributed by atoms with Crippen LogP contribution < -0.4 is 5.73 Å². The van der Waals surface area contributed by atoms with E-state index in [-0.39, 0.29) is 12.8 Å². The van der Waals surface area contributed by atoms with Gasteiger partial charge in [0, 0.05) is 6.42 Å². The minimum absolute atomic E-state index is 0.0268. The number of aliphatic carboxylic acids is 2. The zero-order valence-corrected chi connectivity index (χ0v) is 7.99. The van der Waals surface area contributed by atoms with Gasteiger partial charge in [0.05, 0.1) is 0 Å². The Morgan fingerprint density at radius 3 is 2.08 bits per heavy atom. The first kappa shape index (κ1) is 14.4. The lowest BCUT2D eigenvalue weighted by Crippen LogP contribution is -2.29. The monoisotopic (exact) mass is 191 g/mol. The van der Waals surface area contributed by atoms with Crippen molar-refractivity contribution in [2.45, 2.75) is 39.2 Å². The Hall–Kier alpha value is -1.10. The van der Waals surface area contributed by atoms with Crippen LogP contribution in [0.2, 0.25) is 0 Å². The van der Waals surface area contributed by atoms with Crippen LogP contribution in [0.15, 0.2) is 0 Å². The van der Waals surface area contributed by atoms with Crippen LogP contribution in [0.3, 0.4) is 0 Å². The highest BCUT2D eigenvalue weighted by Gasteiger charge is 2.10. The van der Waals surface area contributed by atoms with Gasteiger partial charge in [-0.05, 0) is 12.8 Å². The van der Waals surface area contributed by atoms with Gasteiger partial charge in [0.25, 0.3) is 0 Å². The third-order valence-electron chi connectivity index (χ3n) is 1.22. The van der Waals surface area contributed by atoms with Crippen LogP contribution in [0, 0.1) is 0 Å². The summed E-state index contributed by atoms with van der Waals surface area (Å²) in [5.74, 6) is -2.02. The molecule has 0 saturated carbocycles. The number of carboxylic acid groups (broad SMARTS) is 2. The highest BCUT2D eigenvalue weighted by Crippen LogP contribution is 1.98. The molecule has 0 aliphatic heterocycles. The van der Waals surface area contributed by atoms with Gasteiger partial charge in [-0.15, -0.1) is 0 Å². The van der Waals surface area contributed by atoms with Gasteiger partial charge in [-0.1, -0.05) is 13.8 Å². The second kappa shape index (κ2) is 8.99. The predicted molar refractivity (Wildman–Crippen MR) is 48.4 cm³/mol. The second-order valence-electron chi connectivity index (χ2n) is 2.23. The molecule has 0 radical (unpaired) electrons. The number of hydrogen-bond acceptors (Lipinski definition) is 3. The predicted octanol–water partition coefficient (Wildman–Crippen LogP) is 0.679. The fourth-order valence-electron chi connectivity index (χ4n) is 0.597. The van der Waals surface area contributed by atoms with Gasteiger partial charge in [-0.3, -0.25) is 9.59 Å². The van der Waals surface area contributed by atoms with Gasteiger partial charge >= 0.3 is 11.9 Å². The van der Waals surface area contributed by atoms with Crippen LogP contribution in [-0.4, -0.2) is 28.2 Å². The molecular weight excluding hydrogens is 174 g/mol. The highest BCUT2D eigenvalue weighted by atomic mass is 16.4. The maximum absolute atomic E-state index is 10.1. The molecule has 1 atom stereocenters. The second-order valence-corrected chi connectivity index (χ2v) is 2.23. The Morgan fingerprint density at radius 1 is 1.31 bits per heavy atom. The first-order chi connectivity index (χ1) is 6.04. The summed E-state index contributed by atoms with van der Waals surface area (Å²) in [5, 5.41) is 16.5. The van der Waals surface area contributed by atoms with Crippen LogP contribution in [-0.2, 0) is 9.59 Å². The number of carbonyl (C=O) groups is 2. The Kier molecular flexibility index (Phi) is 9.98. The number of rotatable bonds is 5. The van der Waals surface area contributed by atoms with Crippen molar-refractivity contribution in [1.82, 2.24) is 0 Å². The van der Waals surface area contributed by atoms with Crippen molar-refractivity contribution in [1.29, 1.82) is 0 Å². The van der Waals surface area contributed by atoms with Gasteiger partial charge in [-0.2, -0.15) is 0 Å². The van der Waals surface area contributed by atoms with Gasteiger partial charge < -0.3 is 15.9 Å². The maximum Gasteiger partial charge on any atom is 0.320 e. The summed E-state index contributed by atoms with van der Waals surface area (Å²) >= 11 is 0. The average molecular weight is 191 g/mol. The average Bonchev–Trinajstić information content (AvgIpc) is 2.07. The molecule has 0 saturated heterocycles. The Balaban J connectivity index is 0. The fourth-order valence-corrected chi connectivity index (χ4v) is 0.597. The van der Waals surface area contributed by atoms with Crippen LogP contribution >= 0.6 is 0 Å². The molecule has 0 spiro atoms. The molecular formula is C8H17NO4. The summed E-state index contributed by atoms with van der Waals surface area (Å²) < 4.78 is 0. The standard InChI is InChI=1S/C6H11NO4.C2H6/c7-4(6(10)11)2-1-3-5(8)9;1-2/h4H,1-3,7H2,(H,8,9)(H,10,11);1-2H3. The van der Waals surface area contributed by atoms with Crippen molar-refractivity contribution in [2.75, 3.05) is 0 Å². The molecule has 0 heterocycles. The third kappa shape index (κ3) is 10.9. The molecule has 0 amide bonds. The van der Waals surface area contributed by atoms with E-state index in [4.69, 9.17) is 15.9 Å². The molecule has 0 aromatic carbocycles. The van der Waals surface area contributed by atoms with Crippen molar-refractivity contribution in [3.8, 4) is 0 Å². The Bertz CT molecular complexity index is 158. The van der Waals surface area contributed by atoms with Gasteiger partial charge in [0.15, 0.2) is 0 Å². The van der Waals surface area contributed by atoms with E-state index in [1.165, 1.54) is 0 Å². The molecule has 0 rings (SSSR count). The molecule has 5 nitrogen and oxygen atoms in total. The summed E-state index contributed by atoms with van der Waals surface area (Å²) in [5.41, 5.74) is 5.11. The van der Waals surface area contributed by atoms with Crippen molar-refractivity contribution in [3.63, 3.8) is 0 Å². The summed E-state index contributed by atoms with van der Waals surface area (Å²) in [6, 6.07) is -0.936. The normalized spacial score (nSPS) is 11.0. The molecule has 0 fully saturated rings. The number of nitrogens with two attached hydrogens (primary N) is 1. The number of carboxylic acids is 2. The molecule has 0 aliphatic carbocycles. The Labute approximate surface area is 77.6 Å². The largest absolute Gasteiger partial charge is 0.481 e. The van der Waals surface area contributed by atoms with E-state index in [1.54, 1.807) is 0 Å². The number of hydrogen-bond donors (Lipinski definition) is 3. The quantitative estimate of drug-likeness (QED) is 0.593. The summed E-state index contributed by atoms with van der Waals surface area (Å²) in [7, 11) is 0. The highest BCUT2D eigenvalue weighted by molar-refractivity contribution is 5.73. The van der Waals surface area contributed by atoms with Crippen LogP contribution in [0.4, 0.5) is 0 Å². The molecule has 1 unspecified atom stereocenters. The summed E-state index contributed by atoms with van der Waals surface area (Å²) in [4.78, 5) is 20.1. The van der Waals surface area contributed by atoms with E-state index in [0.29, 0.717) is 6.42 Å². The van der Waals surface area contributed by atoms with Crippen molar-refractivity contribution >= 4 is 11.9 Å². The smallest absolute Gasteiger partial charge is 0.320 e. The first-order valence-electron chi connectivity index (χ1n) is 4.24. The van der Waals surface area contributed by atoms with Gasteiger partial charge in [0.1, 0.15) is 6.04 Å².